The maximum atomic E-state index is 12.4. The van der Waals surface area contributed by atoms with Crippen molar-refractivity contribution in [3.05, 3.63) is 0 Å². The first-order valence-corrected chi connectivity index (χ1v) is 12.3. The SMILES string of the molecule is CCC(C)(C)C(=O)OC(C(F)(F)F)C(F)(F)F.CCC(C)(C)C(=O)OC12CC3CC(CC(C3)C1)C2. The molecule has 4 saturated carbocycles. The second-order valence-electron chi connectivity index (χ2n) is 11.8. The highest BCUT2D eigenvalue weighted by Gasteiger charge is 2.60. The molecule has 0 aliphatic heterocycles. The summed E-state index contributed by atoms with van der Waals surface area (Å²) in [5, 5.41) is 0. The molecular weight excluding hydrogens is 478 g/mol. The Bertz CT molecular complexity index is 720. The highest BCUT2D eigenvalue weighted by atomic mass is 19.4. The van der Waals surface area contributed by atoms with E-state index in [4.69, 9.17) is 4.74 Å². The Morgan fingerprint density at radius 1 is 0.743 bits per heavy atom. The van der Waals surface area contributed by atoms with Crippen molar-refractivity contribution in [2.24, 2.45) is 28.6 Å². The number of esters is 2. The first-order chi connectivity index (χ1) is 15.7. The Balaban J connectivity index is 0.000000248. The molecule has 0 heterocycles. The van der Waals surface area contributed by atoms with Gasteiger partial charge in [-0.3, -0.25) is 9.59 Å². The fourth-order valence-corrected chi connectivity index (χ4v) is 5.37. The zero-order valence-corrected chi connectivity index (χ0v) is 21.4. The number of hydrogen-bond acceptors (Lipinski definition) is 4. The van der Waals surface area contributed by atoms with Crippen molar-refractivity contribution in [3.63, 3.8) is 0 Å². The van der Waals surface area contributed by atoms with Crippen LogP contribution < -0.4 is 0 Å². The third kappa shape index (κ3) is 7.28. The third-order valence-electron chi connectivity index (χ3n) is 7.98. The molecule has 0 aromatic carbocycles. The van der Waals surface area contributed by atoms with E-state index in [0.717, 1.165) is 43.4 Å². The molecule has 35 heavy (non-hydrogen) atoms. The minimum atomic E-state index is -5.67. The third-order valence-corrected chi connectivity index (χ3v) is 7.98. The summed E-state index contributed by atoms with van der Waals surface area (Å²) in [5.74, 6) is 1.03. The lowest BCUT2D eigenvalue weighted by Crippen LogP contribution is -2.53. The van der Waals surface area contributed by atoms with Gasteiger partial charge in [0.2, 0.25) is 0 Å². The number of halogens is 6. The van der Waals surface area contributed by atoms with E-state index in [-0.39, 0.29) is 23.4 Å². The first kappa shape index (κ1) is 29.7. The molecule has 0 aromatic rings. The zero-order chi connectivity index (χ0) is 27.0. The molecule has 0 radical (unpaired) electrons. The van der Waals surface area contributed by atoms with E-state index >= 15 is 0 Å². The number of carbonyl (C=O) groups is 2. The van der Waals surface area contributed by atoms with Crippen LogP contribution in [0.2, 0.25) is 0 Å². The molecule has 4 aliphatic carbocycles. The molecule has 0 unspecified atom stereocenters. The van der Waals surface area contributed by atoms with Crippen LogP contribution in [0.5, 0.6) is 0 Å². The summed E-state index contributed by atoms with van der Waals surface area (Å²) >= 11 is 0. The Morgan fingerprint density at radius 3 is 1.40 bits per heavy atom. The van der Waals surface area contributed by atoms with Crippen LogP contribution in [0.25, 0.3) is 0 Å². The van der Waals surface area contributed by atoms with Crippen LogP contribution in [0, 0.1) is 28.6 Å². The standard InChI is InChI=1S/C16H26O2.C9H12F6O2/c1-4-15(2,3)14(17)18-16-8-11-5-12(9-16)7-13(6-11)10-16;1-4-7(2,3)6(16)17-5(8(10,11)12)9(13,14)15/h11-13H,4-10H2,1-3H3;5H,4H2,1-3H3. The van der Waals surface area contributed by atoms with Crippen molar-refractivity contribution in [2.45, 2.75) is 117 Å². The normalized spacial score (nSPS) is 28.4. The minimum Gasteiger partial charge on any atom is -0.459 e. The van der Waals surface area contributed by atoms with Gasteiger partial charge in [-0.2, -0.15) is 26.3 Å². The predicted molar refractivity (Wildman–Crippen MR) is 117 cm³/mol. The molecule has 0 amide bonds. The predicted octanol–water partition coefficient (Wildman–Crippen LogP) is 7.39. The van der Waals surface area contributed by atoms with E-state index in [2.05, 4.69) is 11.7 Å². The lowest BCUT2D eigenvalue weighted by molar-refractivity contribution is -0.315. The van der Waals surface area contributed by atoms with Gasteiger partial charge in [-0.05, 0) is 96.8 Å². The van der Waals surface area contributed by atoms with Gasteiger partial charge in [-0.15, -0.1) is 0 Å². The van der Waals surface area contributed by atoms with Crippen LogP contribution in [0.4, 0.5) is 26.3 Å². The second-order valence-corrected chi connectivity index (χ2v) is 11.8. The number of ether oxygens (including phenoxy) is 2. The van der Waals surface area contributed by atoms with Gasteiger partial charge in [0, 0.05) is 0 Å². The van der Waals surface area contributed by atoms with E-state index in [1.807, 2.05) is 13.8 Å². The van der Waals surface area contributed by atoms with Gasteiger partial charge in [0.1, 0.15) is 5.60 Å². The van der Waals surface area contributed by atoms with Gasteiger partial charge in [0.05, 0.1) is 10.8 Å². The lowest BCUT2D eigenvalue weighted by Gasteiger charge is -2.56. The molecule has 0 saturated heterocycles. The first-order valence-electron chi connectivity index (χ1n) is 12.3. The Hall–Kier alpha value is -1.48. The molecule has 0 atom stereocenters. The summed E-state index contributed by atoms with van der Waals surface area (Å²) in [6, 6.07) is 0. The van der Waals surface area contributed by atoms with E-state index in [0.29, 0.717) is 0 Å². The Kier molecular flexibility index (Phi) is 8.60. The maximum absolute atomic E-state index is 12.4. The van der Waals surface area contributed by atoms with Gasteiger partial charge in [0.25, 0.3) is 6.10 Å². The van der Waals surface area contributed by atoms with Crippen LogP contribution >= 0.6 is 0 Å². The van der Waals surface area contributed by atoms with Gasteiger partial charge in [0.15, 0.2) is 0 Å². The molecule has 0 N–H and O–H groups in total. The summed E-state index contributed by atoms with van der Waals surface area (Å²) < 4.78 is 82.0. The quantitative estimate of drug-likeness (QED) is 0.273. The van der Waals surface area contributed by atoms with Crippen molar-refractivity contribution < 1.29 is 45.4 Å². The van der Waals surface area contributed by atoms with Crippen molar-refractivity contribution in [3.8, 4) is 0 Å². The second kappa shape index (κ2) is 10.1. The molecule has 4 nitrogen and oxygen atoms in total. The molecule has 4 aliphatic rings. The van der Waals surface area contributed by atoms with Crippen LogP contribution in [0.3, 0.4) is 0 Å². The number of alkyl halides is 6. The molecule has 4 bridgehead atoms. The van der Waals surface area contributed by atoms with Crippen molar-refractivity contribution in [1.82, 2.24) is 0 Å². The van der Waals surface area contributed by atoms with Crippen molar-refractivity contribution >= 4 is 11.9 Å². The minimum absolute atomic E-state index is 0.0342. The zero-order valence-electron chi connectivity index (χ0n) is 21.4. The van der Waals surface area contributed by atoms with Crippen LogP contribution in [0.15, 0.2) is 0 Å². The van der Waals surface area contributed by atoms with E-state index in [1.165, 1.54) is 40.0 Å². The maximum Gasteiger partial charge on any atom is 0.434 e. The Labute approximate surface area is 203 Å². The Morgan fingerprint density at radius 2 is 1.09 bits per heavy atom. The molecule has 0 spiro atoms. The van der Waals surface area contributed by atoms with Gasteiger partial charge in [-0.25, -0.2) is 0 Å². The summed E-state index contributed by atoms with van der Waals surface area (Å²) in [5.41, 5.74) is -1.78. The molecule has 4 fully saturated rings. The highest BCUT2D eigenvalue weighted by molar-refractivity contribution is 5.76. The fourth-order valence-electron chi connectivity index (χ4n) is 5.37. The van der Waals surface area contributed by atoms with E-state index in [9.17, 15) is 35.9 Å². The van der Waals surface area contributed by atoms with Gasteiger partial charge >= 0.3 is 24.3 Å². The topological polar surface area (TPSA) is 52.6 Å². The monoisotopic (exact) mass is 516 g/mol. The fraction of sp³-hybridized carbons (Fsp3) is 0.920. The van der Waals surface area contributed by atoms with Crippen LogP contribution in [0.1, 0.15) is 92.9 Å². The highest BCUT2D eigenvalue weighted by Crippen LogP contribution is 2.57. The van der Waals surface area contributed by atoms with Crippen molar-refractivity contribution in [1.29, 1.82) is 0 Å². The number of carbonyl (C=O) groups excluding carboxylic acids is 2. The number of rotatable bonds is 6. The lowest BCUT2D eigenvalue weighted by atomic mass is 9.54. The van der Waals surface area contributed by atoms with E-state index in [1.54, 1.807) is 0 Å². The smallest absolute Gasteiger partial charge is 0.434 e. The molecule has 10 heteroatoms. The van der Waals surface area contributed by atoms with Crippen molar-refractivity contribution in [2.75, 3.05) is 0 Å². The van der Waals surface area contributed by atoms with Gasteiger partial charge < -0.3 is 9.47 Å². The molecule has 204 valence electrons. The average Bonchev–Trinajstić information content (AvgIpc) is 2.69. The largest absolute Gasteiger partial charge is 0.459 e. The summed E-state index contributed by atoms with van der Waals surface area (Å²) in [4.78, 5) is 23.5. The molecule has 0 aromatic heterocycles. The van der Waals surface area contributed by atoms with E-state index < -0.39 is 29.8 Å². The van der Waals surface area contributed by atoms with Crippen LogP contribution in [-0.4, -0.2) is 36.0 Å². The summed E-state index contributed by atoms with van der Waals surface area (Å²) in [6.07, 6.45) is -6.87. The summed E-state index contributed by atoms with van der Waals surface area (Å²) in [7, 11) is 0. The average molecular weight is 517 g/mol. The molecular formula is C25H38F6O4. The summed E-state index contributed by atoms with van der Waals surface area (Å²) in [6.45, 7) is 9.96. The van der Waals surface area contributed by atoms with Gasteiger partial charge in [-0.1, -0.05) is 13.8 Å². The number of hydrogen-bond donors (Lipinski definition) is 0. The van der Waals surface area contributed by atoms with Crippen LogP contribution in [-0.2, 0) is 19.1 Å². The molecule has 4 rings (SSSR count).